The first-order valence-electron chi connectivity index (χ1n) is 9.41. The van der Waals surface area contributed by atoms with Crippen molar-refractivity contribution in [3.05, 3.63) is 89.6 Å². The normalized spacial score (nSPS) is 18.2. The molecule has 2 atom stereocenters. The lowest BCUT2D eigenvalue weighted by Crippen LogP contribution is -2.43. The van der Waals surface area contributed by atoms with Gasteiger partial charge >= 0.3 is 0 Å². The first-order valence-corrected chi connectivity index (χ1v) is 9.41. The number of benzene rings is 2. The van der Waals surface area contributed by atoms with E-state index in [1.165, 1.54) is 48.1 Å². The molecule has 2 aromatic rings. The number of nitrogens with zero attached hydrogens (tertiary/aromatic N) is 4. The predicted octanol–water partition coefficient (Wildman–Crippen LogP) is 3.76. The van der Waals surface area contributed by atoms with Gasteiger partial charge in [0.25, 0.3) is 0 Å². The summed E-state index contributed by atoms with van der Waals surface area (Å²) in [6.45, 7) is 2.08. The van der Waals surface area contributed by atoms with E-state index >= 15 is 0 Å². The van der Waals surface area contributed by atoms with Crippen molar-refractivity contribution in [1.29, 1.82) is 0 Å². The van der Waals surface area contributed by atoms with Crippen LogP contribution in [-0.4, -0.2) is 35.9 Å². The van der Waals surface area contributed by atoms with Gasteiger partial charge in [0.1, 0.15) is 11.6 Å². The van der Waals surface area contributed by atoms with E-state index in [1.54, 1.807) is 24.3 Å². The van der Waals surface area contributed by atoms with Crippen molar-refractivity contribution < 1.29 is 19.2 Å². The van der Waals surface area contributed by atoms with E-state index in [2.05, 4.69) is 39.0 Å². The molecule has 0 fully saturated rings. The summed E-state index contributed by atoms with van der Waals surface area (Å²) in [6, 6.07) is 15.9. The Kier molecular flexibility index (Phi) is 9.05. The Hall–Kier alpha value is -4.56. The Bertz CT molecular complexity index is 1200. The van der Waals surface area contributed by atoms with Crippen LogP contribution in [0, 0.1) is 6.92 Å². The van der Waals surface area contributed by atoms with Gasteiger partial charge < -0.3 is 0 Å². The van der Waals surface area contributed by atoms with Crippen LogP contribution in [0.2, 0.25) is 0 Å². The van der Waals surface area contributed by atoms with Crippen LogP contribution in [0.15, 0.2) is 98.5 Å². The fourth-order valence-corrected chi connectivity index (χ4v) is 3.18. The number of rotatable bonds is 6. The van der Waals surface area contributed by atoms with Crippen molar-refractivity contribution in [3.63, 3.8) is 0 Å². The Morgan fingerprint density at radius 1 is 0.844 bits per heavy atom. The summed E-state index contributed by atoms with van der Waals surface area (Å²) in [5, 5.41) is 0. The minimum absolute atomic E-state index is 0.0270. The lowest BCUT2D eigenvalue weighted by molar-refractivity contribution is 0.431. The Balaban J connectivity index is 0.000000439. The van der Waals surface area contributed by atoms with Gasteiger partial charge in [0, 0.05) is 6.42 Å². The van der Waals surface area contributed by atoms with E-state index in [1.807, 2.05) is 18.2 Å². The van der Waals surface area contributed by atoms with Crippen molar-refractivity contribution in [1.82, 2.24) is 0 Å². The molecule has 1 aliphatic rings. The molecule has 2 unspecified atom stereocenters. The lowest BCUT2D eigenvalue weighted by atomic mass is 9.78. The Labute approximate surface area is 184 Å². The van der Waals surface area contributed by atoms with Gasteiger partial charge in [-0.2, -0.15) is 20.0 Å². The van der Waals surface area contributed by atoms with Gasteiger partial charge in [-0.1, -0.05) is 66.2 Å². The van der Waals surface area contributed by atoms with Crippen LogP contribution in [-0.2, 0) is 25.6 Å². The summed E-state index contributed by atoms with van der Waals surface area (Å²) in [7, 11) is 0. The molecular weight excluding hydrogens is 408 g/mol. The highest BCUT2D eigenvalue weighted by atomic mass is 16.1. The summed E-state index contributed by atoms with van der Waals surface area (Å²) < 4.78 is 0. The number of para-hydroxylation sites is 1. The first kappa shape index (κ1) is 23.7. The molecule has 0 saturated carbocycles. The molecule has 3 rings (SSSR count). The van der Waals surface area contributed by atoms with Crippen LogP contribution in [0.25, 0.3) is 0 Å². The predicted molar refractivity (Wildman–Crippen MR) is 117 cm³/mol. The van der Waals surface area contributed by atoms with Crippen LogP contribution < -0.4 is 0 Å². The fourth-order valence-electron chi connectivity index (χ4n) is 3.18. The molecule has 0 saturated heterocycles. The summed E-state index contributed by atoms with van der Waals surface area (Å²) in [5.74, 6) is 0. The lowest BCUT2D eigenvalue weighted by Gasteiger charge is -2.33. The zero-order valence-electron chi connectivity index (χ0n) is 17.1. The number of aliphatic imine (C=N–C) groups is 4. The van der Waals surface area contributed by atoms with E-state index in [0.29, 0.717) is 11.3 Å². The second-order valence-corrected chi connectivity index (χ2v) is 6.60. The van der Waals surface area contributed by atoms with Crippen molar-refractivity contribution in [2.24, 2.45) is 20.0 Å². The van der Waals surface area contributed by atoms with Crippen molar-refractivity contribution in [2.45, 2.75) is 24.9 Å². The number of carbonyl (C=O) groups excluding carboxylic acids is 4. The molecule has 0 N–H and O–H groups in total. The van der Waals surface area contributed by atoms with Gasteiger partial charge in [-0.3, -0.25) is 0 Å². The summed E-state index contributed by atoms with van der Waals surface area (Å²) in [5.41, 5.74) is 0.693. The Morgan fingerprint density at radius 2 is 1.53 bits per heavy atom. The van der Waals surface area contributed by atoms with Gasteiger partial charge in [0.2, 0.25) is 24.3 Å². The van der Waals surface area contributed by atoms with Gasteiger partial charge in [0.05, 0.1) is 11.4 Å². The van der Waals surface area contributed by atoms with Crippen LogP contribution in [0.1, 0.15) is 11.1 Å². The molecule has 0 aliphatic heterocycles. The highest BCUT2D eigenvalue weighted by Crippen LogP contribution is 2.38. The SMILES string of the molecule is Cc1ccccc1.O=C=NC1=CC=CC(N=C=O)C1(Cc1ccccc1N=C=O)N=C=O. The van der Waals surface area contributed by atoms with E-state index in [9.17, 15) is 19.2 Å². The van der Waals surface area contributed by atoms with Crippen molar-refractivity contribution >= 4 is 30.0 Å². The van der Waals surface area contributed by atoms with E-state index in [4.69, 9.17) is 0 Å². The van der Waals surface area contributed by atoms with Crippen LogP contribution in [0.5, 0.6) is 0 Å². The zero-order chi connectivity index (χ0) is 23.2. The summed E-state index contributed by atoms with van der Waals surface area (Å²) in [4.78, 5) is 57.9. The third-order valence-corrected chi connectivity index (χ3v) is 4.64. The molecule has 158 valence electrons. The van der Waals surface area contributed by atoms with Crippen LogP contribution in [0.4, 0.5) is 5.69 Å². The second-order valence-electron chi connectivity index (χ2n) is 6.60. The van der Waals surface area contributed by atoms with Gasteiger partial charge in [-0.25, -0.2) is 19.2 Å². The smallest absolute Gasteiger partial charge is 0.211 e. The summed E-state index contributed by atoms with van der Waals surface area (Å²) in [6.07, 6.45) is 10.2. The highest BCUT2D eigenvalue weighted by Gasteiger charge is 2.44. The first-order chi connectivity index (χ1) is 15.6. The number of allylic oxidation sites excluding steroid dienone is 2. The largest absolute Gasteiger partial charge is 0.240 e. The molecule has 0 bridgehead atoms. The number of aryl methyl sites for hydroxylation is 1. The molecule has 2 aromatic carbocycles. The topological polar surface area (TPSA) is 118 Å². The van der Waals surface area contributed by atoms with E-state index < -0.39 is 11.6 Å². The third-order valence-electron chi connectivity index (χ3n) is 4.64. The standard InChI is InChI=1S/C17H10N4O4.C7H8/c22-9-18-14-5-2-1-4-13(14)8-17(21-12-25)15(19-10-23)6-3-7-16(17)20-11-24;1-7-5-3-2-4-6-7/h1-7,15H,8H2;2-6H,1H3. The maximum atomic E-state index is 11.1. The van der Waals surface area contributed by atoms with Gasteiger partial charge in [0.15, 0.2) is 0 Å². The highest BCUT2D eigenvalue weighted by molar-refractivity contribution is 5.57. The molecule has 1 aliphatic carbocycles. The van der Waals surface area contributed by atoms with E-state index in [-0.39, 0.29) is 12.1 Å². The molecule has 0 amide bonds. The maximum absolute atomic E-state index is 11.1. The Morgan fingerprint density at radius 3 is 2.12 bits per heavy atom. The van der Waals surface area contributed by atoms with Crippen molar-refractivity contribution in [3.8, 4) is 0 Å². The minimum Gasteiger partial charge on any atom is -0.211 e. The zero-order valence-corrected chi connectivity index (χ0v) is 17.1. The third kappa shape index (κ3) is 5.97. The monoisotopic (exact) mass is 426 g/mol. The molecule has 0 heterocycles. The van der Waals surface area contributed by atoms with Gasteiger partial charge in [-0.05, 0) is 24.6 Å². The number of hydrogen-bond acceptors (Lipinski definition) is 8. The molecule has 8 nitrogen and oxygen atoms in total. The number of hydrogen-bond donors (Lipinski definition) is 0. The molecule has 0 aromatic heterocycles. The minimum atomic E-state index is -1.51. The van der Waals surface area contributed by atoms with E-state index in [0.717, 1.165) is 0 Å². The van der Waals surface area contributed by atoms with Crippen molar-refractivity contribution in [2.75, 3.05) is 0 Å². The fraction of sp³-hybridized carbons (Fsp3) is 0.167. The van der Waals surface area contributed by atoms with Gasteiger partial charge in [-0.15, -0.1) is 0 Å². The van der Waals surface area contributed by atoms with Crippen LogP contribution in [0.3, 0.4) is 0 Å². The average molecular weight is 426 g/mol. The number of isocyanates is 4. The molecule has 32 heavy (non-hydrogen) atoms. The second kappa shape index (κ2) is 12.2. The molecule has 8 heteroatoms. The molecular formula is C24H18N4O4. The molecule has 0 radical (unpaired) electrons. The maximum Gasteiger partial charge on any atom is 0.240 e. The summed E-state index contributed by atoms with van der Waals surface area (Å²) >= 11 is 0. The molecule has 0 spiro atoms. The average Bonchev–Trinajstić information content (AvgIpc) is 2.79. The van der Waals surface area contributed by atoms with Crippen LogP contribution >= 0.6 is 0 Å². The quantitative estimate of drug-likeness (QED) is 0.516.